The lowest BCUT2D eigenvalue weighted by atomic mass is 10.0. The van der Waals surface area contributed by atoms with Crippen LogP contribution < -0.4 is 20.7 Å². The second-order valence-electron chi connectivity index (χ2n) is 10.4. The molecule has 0 saturated carbocycles. The van der Waals surface area contributed by atoms with Gasteiger partial charge in [-0.05, 0) is 31.0 Å². The van der Waals surface area contributed by atoms with Crippen molar-refractivity contribution in [2.24, 2.45) is 0 Å². The summed E-state index contributed by atoms with van der Waals surface area (Å²) in [5.74, 6) is 0.492. The van der Waals surface area contributed by atoms with E-state index in [2.05, 4.69) is 30.2 Å². The Morgan fingerprint density at radius 1 is 1.23 bits per heavy atom. The zero-order valence-electron chi connectivity index (χ0n) is 23.2. The summed E-state index contributed by atoms with van der Waals surface area (Å²) < 4.78 is 40.2. The number of carbonyl (C=O) groups is 1. The van der Waals surface area contributed by atoms with Crippen molar-refractivity contribution in [2.75, 3.05) is 63.2 Å². The highest BCUT2D eigenvalue weighted by Crippen LogP contribution is 2.36. The van der Waals surface area contributed by atoms with Gasteiger partial charge in [0.1, 0.15) is 34.8 Å². The molecule has 0 spiro atoms. The molecule has 15 heteroatoms. The van der Waals surface area contributed by atoms with Crippen molar-refractivity contribution in [3.63, 3.8) is 0 Å². The van der Waals surface area contributed by atoms with Crippen LogP contribution in [0.25, 0.3) is 16.8 Å². The molecule has 2 fully saturated rings. The number of nitrogens with two attached hydrogens (primary N) is 1. The number of morpholine rings is 1. The zero-order chi connectivity index (χ0) is 29.9. The minimum Gasteiger partial charge on any atom is -0.490 e. The normalized spacial score (nSPS) is 18.0. The summed E-state index contributed by atoms with van der Waals surface area (Å²) in [5.41, 5.74) is 8.42. The topological polar surface area (TPSA) is 123 Å². The molecule has 2 aliphatic heterocycles. The molecule has 4 aromatic rings. The van der Waals surface area contributed by atoms with Crippen LogP contribution in [0.5, 0.6) is 5.75 Å². The number of anilines is 2. The first-order valence-corrected chi connectivity index (χ1v) is 15.2. The summed E-state index contributed by atoms with van der Waals surface area (Å²) in [7, 11) is 0. The first-order chi connectivity index (χ1) is 20.9. The second kappa shape index (κ2) is 13.0. The number of alkyl halides is 2. The van der Waals surface area contributed by atoms with Gasteiger partial charge in [0.05, 0.1) is 28.9 Å². The van der Waals surface area contributed by atoms with Gasteiger partial charge in [-0.2, -0.15) is 5.10 Å². The van der Waals surface area contributed by atoms with Crippen molar-refractivity contribution in [3.05, 3.63) is 51.7 Å². The summed E-state index contributed by atoms with van der Waals surface area (Å²) in [6, 6.07) is 6.39. The van der Waals surface area contributed by atoms with E-state index in [9.17, 15) is 13.6 Å². The number of halogens is 3. The van der Waals surface area contributed by atoms with Gasteiger partial charge in [-0.3, -0.25) is 14.7 Å². The van der Waals surface area contributed by atoms with Gasteiger partial charge in [0.2, 0.25) is 0 Å². The maximum Gasteiger partial charge on any atom is 0.280 e. The molecule has 1 atom stereocenters. The highest BCUT2D eigenvalue weighted by Gasteiger charge is 2.28. The molecule has 0 aromatic carbocycles. The molecule has 6 rings (SSSR count). The average Bonchev–Trinajstić information content (AvgIpc) is 3.59. The van der Waals surface area contributed by atoms with Crippen LogP contribution in [0.2, 0.25) is 4.34 Å². The van der Waals surface area contributed by atoms with Gasteiger partial charge >= 0.3 is 0 Å². The van der Waals surface area contributed by atoms with E-state index >= 15 is 0 Å². The molecule has 0 unspecified atom stereocenters. The summed E-state index contributed by atoms with van der Waals surface area (Å²) in [6.07, 6.45) is 1.57. The van der Waals surface area contributed by atoms with Gasteiger partial charge < -0.3 is 25.4 Å². The van der Waals surface area contributed by atoms with Crippen LogP contribution in [0.3, 0.4) is 0 Å². The Bertz CT molecular complexity index is 1600. The summed E-state index contributed by atoms with van der Waals surface area (Å²) >= 11 is 7.47. The fraction of sp³-hybridized carbons (Fsp3) is 0.429. The summed E-state index contributed by atoms with van der Waals surface area (Å²) in [5, 5.41) is 7.52. The van der Waals surface area contributed by atoms with Crippen molar-refractivity contribution in [1.29, 1.82) is 0 Å². The number of piperidine rings is 1. The van der Waals surface area contributed by atoms with Gasteiger partial charge in [0, 0.05) is 56.6 Å². The summed E-state index contributed by atoms with van der Waals surface area (Å²) in [6.45, 7) is 5.51. The fourth-order valence-corrected chi connectivity index (χ4v) is 6.57. The molecule has 0 bridgehead atoms. The van der Waals surface area contributed by atoms with Crippen molar-refractivity contribution < 1.29 is 23.0 Å². The predicted octanol–water partition coefficient (Wildman–Crippen LogP) is 4.14. The number of aromatic nitrogens is 4. The van der Waals surface area contributed by atoms with E-state index in [0.717, 1.165) is 38.2 Å². The molecule has 11 nitrogen and oxygen atoms in total. The molecule has 228 valence electrons. The van der Waals surface area contributed by atoms with E-state index in [1.54, 1.807) is 16.6 Å². The van der Waals surface area contributed by atoms with E-state index in [1.165, 1.54) is 29.9 Å². The van der Waals surface area contributed by atoms with Gasteiger partial charge in [-0.1, -0.05) is 11.6 Å². The third kappa shape index (κ3) is 6.51. The number of thiophene rings is 1. The SMILES string of the molecule is Nc1ncnn2c(-c3ccnc(C(F)F)c3)cc(N3CCC[C@@H](NC(=O)c4sc(Cl)cc4OCCN4CCOCC4)C3)c12. The third-order valence-corrected chi connectivity index (χ3v) is 8.85. The molecular formula is C28H31ClF2N8O3S. The molecule has 4 aromatic heterocycles. The van der Waals surface area contributed by atoms with E-state index in [1.807, 2.05) is 6.07 Å². The fourth-order valence-electron chi connectivity index (χ4n) is 5.51. The van der Waals surface area contributed by atoms with E-state index in [0.29, 0.717) is 64.6 Å². The van der Waals surface area contributed by atoms with Gasteiger partial charge in [-0.25, -0.2) is 18.3 Å². The van der Waals surface area contributed by atoms with Gasteiger partial charge in [-0.15, -0.1) is 11.3 Å². The molecule has 43 heavy (non-hydrogen) atoms. The van der Waals surface area contributed by atoms with Crippen LogP contribution in [-0.4, -0.2) is 89.0 Å². The largest absolute Gasteiger partial charge is 0.490 e. The van der Waals surface area contributed by atoms with E-state index in [-0.39, 0.29) is 23.5 Å². The molecular weight excluding hydrogens is 602 g/mol. The lowest BCUT2D eigenvalue weighted by molar-refractivity contribution is 0.0322. The number of rotatable bonds is 9. The van der Waals surface area contributed by atoms with Crippen molar-refractivity contribution >= 4 is 45.9 Å². The van der Waals surface area contributed by atoms with E-state index < -0.39 is 6.43 Å². The van der Waals surface area contributed by atoms with Crippen molar-refractivity contribution in [2.45, 2.75) is 25.3 Å². The number of ether oxygens (including phenoxy) is 2. The molecule has 0 aliphatic carbocycles. The lowest BCUT2D eigenvalue weighted by Crippen LogP contribution is -2.47. The van der Waals surface area contributed by atoms with Crippen molar-refractivity contribution in [3.8, 4) is 17.0 Å². The Morgan fingerprint density at radius 3 is 2.88 bits per heavy atom. The Balaban J connectivity index is 1.18. The monoisotopic (exact) mass is 632 g/mol. The van der Waals surface area contributed by atoms with Gasteiger partial charge in [0.15, 0.2) is 5.82 Å². The Kier molecular flexibility index (Phi) is 8.88. The molecule has 2 saturated heterocycles. The van der Waals surface area contributed by atoms with Crippen LogP contribution in [0.4, 0.5) is 20.3 Å². The van der Waals surface area contributed by atoms with Crippen LogP contribution in [0, 0.1) is 0 Å². The zero-order valence-corrected chi connectivity index (χ0v) is 24.8. The highest BCUT2D eigenvalue weighted by molar-refractivity contribution is 7.18. The number of pyridine rings is 1. The van der Waals surface area contributed by atoms with Gasteiger partial charge in [0.25, 0.3) is 12.3 Å². The first kappa shape index (κ1) is 29.5. The lowest BCUT2D eigenvalue weighted by Gasteiger charge is -2.34. The highest BCUT2D eigenvalue weighted by atomic mass is 35.5. The predicted molar refractivity (Wildman–Crippen MR) is 160 cm³/mol. The van der Waals surface area contributed by atoms with Crippen LogP contribution >= 0.6 is 22.9 Å². The summed E-state index contributed by atoms with van der Waals surface area (Å²) in [4.78, 5) is 26.2. The Labute approximate surface area is 255 Å². The number of hydrogen-bond donors (Lipinski definition) is 2. The standard InChI is InChI=1S/C28H31ClF2N8O3S/c29-23-14-22(42-11-8-37-6-9-41-10-7-37)25(43-23)28(40)36-18-2-1-5-38(15-18)21-13-20(39-24(21)27(32)34-16-35-39)17-3-4-33-19(12-17)26(30)31/h3-4,12-14,16,18,26H,1-2,5-11,15H2,(H,36,40)(H2,32,34,35)/t18-/m1/s1. The Hall–Kier alpha value is -3.59. The number of nitrogens with one attached hydrogen (secondary N) is 1. The Morgan fingerprint density at radius 2 is 2.07 bits per heavy atom. The molecule has 6 heterocycles. The number of fused-ring (bicyclic) bond motifs is 1. The molecule has 2 aliphatic rings. The smallest absolute Gasteiger partial charge is 0.280 e. The minimum atomic E-state index is -2.70. The third-order valence-electron chi connectivity index (χ3n) is 7.60. The first-order valence-electron chi connectivity index (χ1n) is 14.0. The minimum absolute atomic E-state index is 0.168. The van der Waals surface area contributed by atoms with Crippen LogP contribution in [0.15, 0.2) is 36.8 Å². The maximum absolute atomic E-state index is 13.4. The van der Waals surface area contributed by atoms with E-state index in [4.69, 9.17) is 26.8 Å². The average molecular weight is 633 g/mol. The van der Waals surface area contributed by atoms with Crippen molar-refractivity contribution in [1.82, 2.24) is 29.8 Å². The van der Waals surface area contributed by atoms with Crippen LogP contribution in [0.1, 0.15) is 34.6 Å². The number of carbonyl (C=O) groups excluding carboxylic acids is 1. The number of nitrogen functional groups attached to an aromatic ring is 1. The number of amides is 1. The molecule has 1 amide bonds. The quantitative estimate of drug-likeness (QED) is 0.280. The molecule has 3 N–H and O–H groups in total. The maximum atomic E-state index is 13.4. The van der Waals surface area contributed by atoms with Crippen LogP contribution in [-0.2, 0) is 4.74 Å². The second-order valence-corrected chi connectivity index (χ2v) is 12.1. The number of nitrogens with zero attached hydrogens (tertiary/aromatic N) is 6. The molecule has 0 radical (unpaired) electrons. The number of hydrogen-bond acceptors (Lipinski definition) is 10.